The Bertz CT molecular complexity index is 1190. The SMILES string of the molecule is COCC(=O)Nc1ccc2nc(N3CCN(Cc4ccccc4OC)CC3)cc(C(=O)O)c2c1. The fourth-order valence-electron chi connectivity index (χ4n) is 4.17. The molecule has 0 bridgehead atoms. The second-order valence-corrected chi connectivity index (χ2v) is 8.12. The lowest BCUT2D eigenvalue weighted by atomic mass is 10.1. The lowest BCUT2D eigenvalue weighted by Crippen LogP contribution is -2.46. The zero-order chi connectivity index (χ0) is 24.1. The van der Waals surface area contributed by atoms with Crippen LogP contribution >= 0.6 is 0 Å². The van der Waals surface area contributed by atoms with Crippen molar-refractivity contribution in [1.82, 2.24) is 9.88 Å². The number of carboxylic acid groups (broad SMARTS) is 1. The largest absolute Gasteiger partial charge is 0.496 e. The van der Waals surface area contributed by atoms with Crippen molar-refractivity contribution in [3.05, 3.63) is 59.7 Å². The maximum Gasteiger partial charge on any atom is 0.336 e. The molecule has 0 unspecified atom stereocenters. The van der Waals surface area contributed by atoms with E-state index >= 15 is 0 Å². The minimum Gasteiger partial charge on any atom is -0.496 e. The van der Waals surface area contributed by atoms with Crippen molar-refractivity contribution in [3.63, 3.8) is 0 Å². The van der Waals surface area contributed by atoms with Gasteiger partial charge >= 0.3 is 5.97 Å². The molecule has 0 spiro atoms. The summed E-state index contributed by atoms with van der Waals surface area (Å²) in [7, 11) is 3.12. The number of anilines is 2. The quantitative estimate of drug-likeness (QED) is 0.525. The van der Waals surface area contributed by atoms with Crippen LogP contribution in [0.15, 0.2) is 48.5 Å². The molecule has 3 aromatic rings. The van der Waals surface area contributed by atoms with Crippen LogP contribution in [0.2, 0.25) is 0 Å². The highest BCUT2D eigenvalue weighted by molar-refractivity contribution is 6.05. The Kier molecular flexibility index (Phi) is 7.24. The molecule has 2 N–H and O–H groups in total. The van der Waals surface area contributed by atoms with Gasteiger partial charge in [0.1, 0.15) is 18.2 Å². The summed E-state index contributed by atoms with van der Waals surface area (Å²) < 4.78 is 10.3. The lowest BCUT2D eigenvalue weighted by molar-refractivity contribution is -0.119. The van der Waals surface area contributed by atoms with Gasteiger partial charge in [0.05, 0.1) is 18.2 Å². The minimum absolute atomic E-state index is 0.0793. The smallest absolute Gasteiger partial charge is 0.336 e. The number of fused-ring (bicyclic) bond motifs is 1. The van der Waals surface area contributed by atoms with Gasteiger partial charge in [-0.1, -0.05) is 18.2 Å². The number of aromatic carboxylic acids is 1. The summed E-state index contributed by atoms with van der Waals surface area (Å²) in [4.78, 5) is 33.0. The van der Waals surface area contributed by atoms with E-state index in [1.165, 1.54) is 7.11 Å². The molecule has 0 saturated carbocycles. The lowest BCUT2D eigenvalue weighted by Gasteiger charge is -2.35. The second-order valence-electron chi connectivity index (χ2n) is 8.12. The third-order valence-electron chi connectivity index (χ3n) is 5.87. The number of rotatable bonds is 8. The molecule has 34 heavy (non-hydrogen) atoms. The van der Waals surface area contributed by atoms with E-state index < -0.39 is 5.97 Å². The molecule has 0 atom stereocenters. The Morgan fingerprint density at radius 2 is 1.82 bits per heavy atom. The van der Waals surface area contributed by atoms with Gasteiger partial charge in [0.15, 0.2) is 0 Å². The van der Waals surface area contributed by atoms with Gasteiger partial charge in [-0.2, -0.15) is 0 Å². The fourth-order valence-corrected chi connectivity index (χ4v) is 4.17. The molecule has 1 saturated heterocycles. The molecule has 178 valence electrons. The van der Waals surface area contributed by atoms with Crippen LogP contribution in [0.5, 0.6) is 5.75 Å². The number of amides is 1. The molecule has 1 fully saturated rings. The highest BCUT2D eigenvalue weighted by Crippen LogP contribution is 2.27. The van der Waals surface area contributed by atoms with Crippen LogP contribution in [0.3, 0.4) is 0 Å². The Balaban J connectivity index is 1.51. The summed E-state index contributed by atoms with van der Waals surface area (Å²) in [6, 6.07) is 14.7. The minimum atomic E-state index is -1.04. The Hall–Kier alpha value is -3.69. The van der Waals surface area contributed by atoms with Gasteiger partial charge in [0, 0.05) is 56.5 Å². The predicted octanol–water partition coefficient (Wildman–Crippen LogP) is 2.85. The van der Waals surface area contributed by atoms with E-state index in [1.54, 1.807) is 31.4 Å². The van der Waals surface area contributed by atoms with E-state index in [1.807, 2.05) is 18.2 Å². The molecule has 9 nitrogen and oxygen atoms in total. The van der Waals surface area contributed by atoms with E-state index in [4.69, 9.17) is 14.5 Å². The Morgan fingerprint density at radius 3 is 2.53 bits per heavy atom. The summed E-state index contributed by atoms with van der Waals surface area (Å²) in [5.74, 6) is 0.168. The van der Waals surface area contributed by atoms with Crippen LogP contribution in [0.25, 0.3) is 10.9 Å². The first-order chi connectivity index (χ1) is 16.5. The molecular formula is C25H28N4O5. The summed E-state index contributed by atoms with van der Waals surface area (Å²) >= 11 is 0. The van der Waals surface area contributed by atoms with Crippen LogP contribution in [-0.4, -0.2) is 73.9 Å². The van der Waals surface area contributed by atoms with Crippen LogP contribution in [0.1, 0.15) is 15.9 Å². The van der Waals surface area contributed by atoms with Gasteiger partial charge in [0.2, 0.25) is 5.91 Å². The monoisotopic (exact) mass is 464 g/mol. The van der Waals surface area contributed by atoms with Crippen molar-refractivity contribution < 1.29 is 24.2 Å². The summed E-state index contributed by atoms with van der Waals surface area (Å²) in [6.07, 6.45) is 0. The van der Waals surface area contributed by atoms with Crippen molar-refractivity contribution in [2.75, 3.05) is 57.2 Å². The number of nitrogens with one attached hydrogen (secondary N) is 1. The van der Waals surface area contributed by atoms with Crippen molar-refractivity contribution in [1.29, 1.82) is 0 Å². The number of ether oxygens (including phenoxy) is 2. The van der Waals surface area contributed by atoms with E-state index in [2.05, 4.69) is 21.2 Å². The Labute approximate surface area is 197 Å². The highest BCUT2D eigenvalue weighted by Gasteiger charge is 2.22. The molecule has 0 aliphatic carbocycles. The maximum absolute atomic E-state index is 12.0. The molecule has 1 aliphatic heterocycles. The average molecular weight is 465 g/mol. The first-order valence-corrected chi connectivity index (χ1v) is 11.0. The summed E-state index contributed by atoms with van der Waals surface area (Å²) in [5, 5.41) is 13.0. The average Bonchev–Trinajstić information content (AvgIpc) is 2.84. The number of hydrogen-bond acceptors (Lipinski definition) is 7. The first-order valence-electron chi connectivity index (χ1n) is 11.0. The van der Waals surface area contributed by atoms with E-state index in [-0.39, 0.29) is 18.1 Å². The number of carbonyl (C=O) groups is 2. The first kappa shape index (κ1) is 23.5. The molecule has 4 rings (SSSR count). The predicted molar refractivity (Wildman–Crippen MR) is 130 cm³/mol. The van der Waals surface area contributed by atoms with Crippen LogP contribution < -0.4 is 15.0 Å². The zero-order valence-electron chi connectivity index (χ0n) is 19.3. The van der Waals surface area contributed by atoms with Gasteiger partial charge in [-0.25, -0.2) is 9.78 Å². The van der Waals surface area contributed by atoms with Gasteiger partial charge in [0.25, 0.3) is 0 Å². The maximum atomic E-state index is 12.0. The van der Waals surface area contributed by atoms with E-state index in [0.29, 0.717) is 22.4 Å². The molecular weight excluding hydrogens is 436 g/mol. The van der Waals surface area contributed by atoms with Crippen molar-refractivity contribution in [2.45, 2.75) is 6.54 Å². The van der Waals surface area contributed by atoms with Gasteiger partial charge in [-0.3, -0.25) is 9.69 Å². The number of carboxylic acids is 1. The summed E-state index contributed by atoms with van der Waals surface area (Å²) in [5.41, 5.74) is 2.36. The Morgan fingerprint density at radius 1 is 1.06 bits per heavy atom. The van der Waals surface area contributed by atoms with Crippen molar-refractivity contribution >= 4 is 34.3 Å². The highest BCUT2D eigenvalue weighted by atomic mass is 16.5. The molecule has 1 amide bonds. The van der Waals surface area contributed by atoms with E-state index in [0.717, 1.165) is 44.0 Å². The number of hydrogen-bond donors (Lipinski definition) is 2. The van der Waals surface area contributed by atoms with Crippen molar-refractivity contribution in [3.8, 4) is 5.75 Å². The standard InChI is InChI=1S/C25H28N4O5/c1-33-16-24(30)26-18-7-8-21-19(13-18)20(25(31)32)14-23(27-21)29-11-9-28(10-12-29)15-17-5-3-4-6-22(17)34-2/h3-8,13-14H,9-12,15-16H2,1-2H3,(H,26,30)(H,31,32). The molecule has 2 heterocycles. The third-order valence-corrected chi connectivity index (χ3v) is 5.87. The van der Waals surface area contributed by atoms with Gasteiger partial charge < -0.3 is 24.8 Å². The molecule has 9 heteroatoms. The molecule has 1 aliphatic rings. The van der Waals surface area contributed by atoms with Gasteiger partial charge in [-0.05, 0) is 30.3 Å². The number of pyridine rings is 1. The number of aromatic nitrogens is 1. The third kappa shape index (κ3) is 5.27. The normalized spacial score (nSPS) is 14.2. The number of methoxy groups -OCH3 is 2. The fraction of sp³-hybridized carbons (Fsp3) is 0.320. The molecule has 1 aromatic heterocycles. The number of para-hydroxylation sites is 1. The molecule has 0 radical (unpaired) electrons. The van der Waals surface area contributed by atoms with Crippen molar-refractivity contribution in [2.24, 2.45) is 0 Å². The topological polar surface area (TPSA) is 104 Å². The zero-order valence-corrected chi connectivity index (χ0v) is 19.3. The molecule has 2 aromatic carbocycles. The van der Waals surface area contributed by atoms with Crippen LogP contribution in [-0.2, 0) is 16.1 Å². The van der Waals surface area contributed by atoms with Gasteiger partial charge in [-0.15, -0.1) is 0 Å². The number of nitrogens with zero attached hydrogens (tertiary/aromatic N) is 3. The number of carbonyl (C=O) groups excluding carboxylic acids is 1. The summed E-state index contributed by atoms with van der Waals surface area (Å²) in [6.45, 7) is 3.83. The number of piperazine rings is 1. The van der Waals surface area contributed by atoms with Crippen LogP contribution in [0.4, 0.5) is 11.5 Å². The van der Waals surface area contributed by atoms with Crippen LogP contribution in [0, 0.1) is 0 Å². The van der Waals surface area contributed by atoms with E-state index in [9.17, 15) is 14.7 Å². The second kappa shape index (κ2) is 10.5. The number of benzene rings is 2.